The molecule has 0 aromatic carbocycles. The molecule has 16 heavy (non-hydrogen) atoms. The topological polar surface area (TPSA) is 134 Å². The van der Waals surface area contributed by atoms with Crippen molar-refractivity contribution in [3.63, 3.8) is 0 Å². The summed E-state index contributed by atoms with van der Waals surface area (Å²) in [4.78, 5) is 0. The van der Waals surface area contributed by atoms with E-state index in [1.807, 2.05) is 0 Å². The number of epoxide rings is 1. The van der Waals surface area contributed by atoms with Gasteiger partial charge < -0.3 is 35.4 Å². The van der Waals surface area contributed by atoms with E-state index in [0.29, 0.717) is 6.61 Å². The van der Waals surface area contributed by atoms with Gasteiger partial charge in [0.2, 0.25) is 0 Å². The molecule has 1 heterocycles. The highest BCUT2D eigenvalue weighted by Crippen LogP contribution is 2.27. The molecule has 0 amide bonds. The third-order valence-electron chi connectivity index (χ3n) is 2.71. The Morgan fingerprint density at radius 3 is 2.19 bits per heavy atom. The molecule has 1 rings (SSSR count). The molecule has 0 aromatic heterocycles. The van der Waals surface area contributed by atoms with Crippen LogP contribution in [-0.4, -0.2) is 80.5 Å². The van der Waals surface area contributed by atoms with Gasteiger partial charge in [0.1, 0.15) is 23.9 Å². The van der Waals surface area contributed by atoms with E-state index < -0.39 is 37.1 Å². The van der Waals surface area contributed by atoms with Crippen LogP contribution in [0.5, 0.6) is 0 Å². The minimum atomic E-state index is -1.95. The summed E-state index contributed by atoms with van der Waals surface area (Å²) in [5, 5.41) is 55.7. The maximum atomic E-state index is 9.88. The van der Waals surface area contributed by atoms with Crippen LogP contribution in [0.2, 0.25) is 0 Å². The molecule has 0 saturated carbocycles. The van der Waals surface area contributed by atoms with Crippen LogP contribution in [0.25, 0.3) is 0 Å². The quantitative estimate of drug-likeness (QED) is 0.254. The zero-order valence-electron chi connectivity index (χ0n) is 8.73. The summed E-state index contributed by atoms with van der Waals surface area (Å²) in [6.07, 6.45) is -5.37. The van der Waals surface area contributed by atoms with Crippen LogP contribution >= 0.6 is 0 Å². The molecule has 1 fully saturated rings. The van der Waals surface area contributed by atoms with Crippen molar-refractivity contribution in [2.75, 3.05) is 19.8 Å². The Balaban J connectivity index is 2.61. The lowest BCUT2D eigenvalue weighted by molar-refractivity contribution is -0.176. The van der Waals surface area contributed by atoms with Gasteiger partial charge in [0.05, 0.1) is 25.9 Å². The predicted molar refractivity (Wildman–Crippen MR) is 51.5 cm³/mol. The average molecular weight is 238 g/mol. The van der Waals surface area contributed by atoms with Gasteiger partial charge >= 0.3 is 0 Å². The van der Waals surface area contributed by atoms with E-state index in [1.165, 1.54) is 0 Å². The monoisotopic (exact) mass is 238 g/mol. The Labute approximate surface area is 92.5 Å². The number of hydrogen-bond donors (Lipinski definition) is 6. The van der Waals surface area contributed by atoms with Gasteiger partial charge in [-0.15, -0.1) is 0 Å². The third kappa shape index (κ3) is 3.11. The molecular formula is C9H18O7. The van der Waals surface area contributed by atoms with Gasteiger partial charge in [0, 0.05) is 6.42 Å². The molecule has 6 N–H and O–H groups in total. The second-order valence-corrected chi connectivity index (χ2v) is 4.11. The van der Waals surface area contributed by atoms with Crippen molar-refractivity contribution >= 4 is 0 Å². The Hall–Kier alpha value is -0.280. The predicted octanol–water partition coefficient (Wildman–Crippen LogP) is -3.43. The molecule has 0 aromatic rings. The molecule has 1 aliphatic heterocycles. The average Bonchev–Trinajstić information content (AvgIpc) is 3.09. The van der Waals surface area contributed by atoms with Gasteiger partial charge in [0.15, 0.2) is 0 Å². The zero-order chi connectivity index (χ0) is 12.3. The highest BCUT2D eigenvalue weighted by atomic mass is 16.6. The van der Waals surface area contributed by atoms with Crippen molar-refractivity contribution < 1.29 is 35.4 Å². The molecule has 1 saturated heterocycles. The Kier molecular flexibility index (Phi) is 4.62. The molecule has 1 unspecified atom stereocenters. The summed E-state index contributed by atoms with van der Waals surface area (Å²) < 4.78 is 4.85. The van der Waals surface area contributed by atoms with Gasteiger partial charge in [-0.25, -0.2) is 0 Å². The van der Waals surface area contributed by atoms with Crippen LogP contribution in [0.4, 0.5) is 0 Å². The highest BCUT2D eigenvalue weighted by Gasteiger charge is 2.45. The van der Waals surface area contributed by atoms with Gasteiger partial charge in [-0.3, -0.25) is 0 Å². The lowest BCUT2D eigenvalue weighted by Gasteiger charge is -2.34. The van der Waals surface area contributed by atoms with Gasteiger partial charge in [-0.1, -0.05) is 0 Å². The fraction of sp³-hybridized carbons (Fsp3) is 1.00. The number of aliphatic hydroxyl groups excluding tert-OH is 5. The van der Waals surface area contributed by atoms with Crippen molar-refractivity contribution in [2.24, 2.45) is 0 Å². The van der Waals surface area contributed by atoms with Gasteiger partial charge in [-0.05, 0) is 0 Å². The maximum absolute atomic E-state index is 9.88. The Bertz CT molecular complexity index is 220. The molecule has 1 aliphatic rings. The molecule has 5 atom stereocenters. The first-order valence-electron chi connectivity index (χ1n) is 5.04. The molecule has 7 heteroatoms. The van der Waals surface area contributed by atoms with E-state index in [2.05, 4.69) is 0 Å². The highest BCUT2D eigenvalue weighted by molar-refractivity contribution is 4.96. The van der Waals surface area contributed by atoms with Crippen molar-refractivity contribution in [1.82, 2.24) is 0 Å². The summed E-state index contributed by atoms with van der Waals surface area (Å²) in [5.74, 6) is 0. The van der Waals surface area contributed by atoms with E-state index in [9.17, 15) is 15.3 Å². The van der Waals surface area contributed by atoms with Crippen LogP contribution in [0, 0.1) is 0 Å². The first-order valence-corrected chi connectivity index (χ1v) is 5.04. The standard InChI is InChI=1S/C9H18O7/c10-2-6(12)7(13)8(14)9(15,4-11)1-5-3-16-5/h5-8,10-15H,1-4H2/t5?,6-,7-,8+,9-/m1/s1. The fourth-order valence-corrected chi connectivity index (χ4v) is 1.50. The molecule has 96 valence electrons. The van der Waals surface area contributed by atoms with Crippen LogP contribution in [0.1, 0.15) is 6.42 Å². The number of ether oxygens (including phenoxy) is 1. The first-order chi connectivity index (χ1) is 7.44. The summed E-state index contributed by atoms with van der Waals surface area (Å²) in [7, 11) is 0. The summed E-state index contributed by atoms with van der Waals surface area (Å²) in [5.41, 5.74) is -1.95. The number of rotatable bonds is 7. The number of hydrogen-bond acceptors (Lipinski definition) is 7. The largest absolute Gasteiger partial charge is 0.394 e. The smallest absolute Gasteiger partial charge is 0.119 e. The normalized spacial score (nSPS) is 29.2. The van der Waals surface area contributed by atoms with E-state index in [-0.39, 0.29) is 12.5 Å². The van der Waals surface area contributed by atoms with Gasteiger partial charge in [0.25, 0.3) is 0 Å². The van der Waals surface area contributed by atoms with E-state index >= 15 is 0 Å². The minimum absolute atomic E-state index is 0.0418. The summed E-state index contributed by atoms with van der Waals surface area (Å²) in [6, 6.07) is 0. The molecule has 0 aliphatic carbocycles. The number of aliphatic hydroxyl groups is 6. The second-order valence-electron chi connectivity index (χ2n) is 4.11. The van der Waals surface area contributed by atoms with E-state index in [4.69, 9.17) is 20.1 Å². The maximum Gasteiger partial charge on any atom is 0.119 e. The first kappa shape index (κ1) is 13.8. The van der Waals surface area contributed by atoms with E-state index in [1.54, 1.807) is 0 Å². The summed E-state index contributed by atoms with van der Waals surface area (Å²) in [6.45, 7) is -1.10. The molecule has 0 bridgehead atoms. The minimum Gasteiger partial charge on any atom is -0.394 e. The summed E-state index contributed by atoms with van der Waals surface area (Å²) >= 11 is 0. The second kappa shape index (κ2) is 5.37. The van der Waals surface area contributed by atoms with Crippen LogP contribution in [0.15, 0.2) is 0 Å². The Morgan fingerprint density at radius 1 is 1.25 bits per heavy atom. The van der Waals surface area contributed by atoms with E-state index in [0.717, 1.165) is 0 Å². The van der Waals surface area contributed by atoms with Crippen molar-refractivity contribution in [1.29, 1.82) is 0 Å². The van der Waals surface area contributed by atoms with Crippen LogP contribution in [-0.2, 0) is 4.74 Å². The molecular weight excluding hydrogens is 220 g/mol. The Morgan fingerprint density at radius 2 is 1.81 bits per heavy atom. The lowest BCUT2D eigenvalue weighted by atomic mass is 9.87. The zero-order valence-corrected chi connectivity index (χ0v) is 8.73. The molecule has 0 radical (unpaired) electrons. The fourth-order valence-electron chi connectivity index (χ4n) is 1.50. The SMILES string of the molecule is OC[C@@H](O)[C@@H](O)[C@H](O)[C@](O)(CO)CC1CO1. The van der Waals surface area contributed by atoms with Gasteiger partial charge in [-0.2, -0.15) is 0 Å². The van der Waals surface area contributed by atoms with Crippen LogP contribution in [0.3, 0.4) is 0 Å². The van der Waals surface area contributed by atoms with Crippen molar-refractivity contribution in [3.05, 3.63) is 0 Å². The van der Waals surface area contributed by atoms with Crippen LogP contribution < -0.4 is 0 Å². The van der Waals surface area contributed by atoms with Crippen molar-refractivity contribution in [2.45, 2.75) is 36.4 Å². The lowest BCUT2D eigenvalue weighted by Crippen LogP contribution is -2.56. The van der Waals surface area contributed by atoms with Crippen molar-refractivity contribution in [3.8, 4) is 0 Å². The molecule has 0 spiro atoms. The molecule has 7 nitrogen and oxygen atoms in total. The third-order valence-corrected chi connectivity index (χ3v) is 2.71.